The molecule has 0 saturated carbocycles. The summed E-state index contributed by atoms with van der Waals surface area (Å²) in [5.74, 6) is -1.15. The number of hydrogen-bond donors (Lipinski definition) is 2. The molecule has 0 aliphatic heterocycles. The van der Waals surface area contributed by atoms with Crippen LogP contribution in [0.4, 0.5) is 0 Å². The van der Waals surface area contributed by atoms with Gasteiger partial charge in [-0.25, -0.2) is 23.0 Å². The minimum Gasteiger partial charge on any atom is -0.476 e. The largest absolute Gasteiger partial charge is 0.476 e. The monoisotopic (exact) mass is 344 g/mol. The number of hydrogen-bond acceptors (Lipinski definition) is 5. The summed E-state index contributed by atoms with van der Waals surface area (Å²) < 4.78 is 24.6. The molecular weight excluding hydrogens is 332 g/mol. The predicted molar refractivity (Wildman–Crippen MR) is 85.1 cm³/mol. The number of aromatic nitrogens is 3. The summed E-state index contributed by atoms with van der Waals surface area (Å²) in [6.07, 6.45) is 1.15. The first-order valence-corrected chi connectivity index (χ1v) is 8.29. The average molecular weight is 344 g/mol. The Morgan fingerprint density at radius 2 is 1.75 bits per heavy atom. The van der Waals surface area contributed by atoms with Crippen LogP contribution in [-0.2, 0) is 10.0 Å². The van der Waals surface area contributed by atoms with Gasteiger partial charge in [-0.2, -0.15) is 0 Å². The third-order valence-corrected chi connectivity index (χ3v) is 4.35. The van der Waals surface area contributed by atoms with Crippen LogP contribution in [0.15, 0.2) is 59.6 Å². The molecule has 24 heavy (non-hydrogen) atoms. The highest BCUT2D eigenvalue weighted by molar-refractivity contribution is 7.89. The molecule has 3 N–H and O–H groups in total. The van der Waals surface area contributed by atoms with Crippen LogP contribution >= 0.6 is 0 Å². The quantitative estimate of drug-likeness (QED) is 0.733. The molecule has 0 atom stereocenters. The Hall–Kier alpha value is -3.04. The maximum atomic E-state index is 11.7. The van der Waals surface area contributed by atoms with Gasteiger partial charge in [-0.05, 0) is 23.8 Å². The van der Waals surface area contributed by atoms with Crippen LogP contribution in [0.25, 0.3) is 16.8 Å². The van der Waals surface area contributed by atoms with E-state index in [1.807, 2.05) is 0 Å². The van der Waals surface area contributed by atoms with Crippen molar-refractivity contribution in [2.24, 2.45) is 5.14 Å². The summed E-state index contributed by atoms with van der Waals surface area (Å²) in [7, 11) is -3.86. The molecule has 3 rings (SSSR count). The van der Waals surface area contributed by atoms with Crippen LogP contribution in [0.5, 0.6) is 0 Å². The average Bonchev–Trinajstić information content (AvgIpc) is 3.04. The summed E-state index contributed by atoms with van der Waals surface area (Å²) in [6.45, 7) is 0. The highest BCUT2D eigenvalue weighted by Crippen LogP contribution is 2.27. The van der Waals surface area contributed by atoms with Crippen molar-refractivity contribution in [1.29, 1.82) is 0 Å². The molecule has 2 aromatic carbocycles. The number of nitrogens with two attached hydrogens (primary N) is 1. The third-order valence-electron chi connectivity index (χ3n) is 3.38. The predicted octanol–water partition coefficient (Wildman–Crippen LogP) is 1.28. The van der Waals surface area contributed by atoms with E-state index in [2.05, 4.69) is 10.3 Å². The lowest BCUT2D eigenvalue weighted by Gasteiger charge is -2.09. The molecule has 0 saturated heterocycles. The van der Waals surface area contributed by atoms with E-state index in [-0.39, 0.29) is 10.6 Å². The number of carbonyl (C=O) groups is 1. The zero-order chi connectivity index (χ0) is 17.3. The molecule has 0 spiro atoms. The maximum absolute atomic E-state index is 11.7. The zero-order valence-corrected chi connectivity index (χ0v) is 13.0. The van der Waals surface area contributed by atoms with Crippen LogP contribution in [0.2, 0.25) is 0 Å². The van der Waals surface area contributed by atoms with Crippen LogP contribution in [0.1, 0.15) is 10.5 Å². The molecule has 122 valence electrons. The van der Waals surface area contributed by atoms with Crippen LogP contribution in [0.3, 0.4) is 0 Å². The van der Waals surface area contributed by atoms with Gasteiger partial charge in [-0.3, -0.25) is 0 Å². The van der Waals surface area contributed by atoms with Crippen LogP contribution in [0, 0.1) is 0 Å². The molecule has 0 aliphatic carbocycles. The molecule has 0 radical (unpaired) electrons. The Kier molecular flexibility index (Phi) is 3.87. The van der Waals surface area contributed by atoms with Crippen molar-refractivity contribution in [3.05, 3.63) is 60.4 Å². The van der Waals surface area contributed by atoms with Gasteiger partial charge in [-0.1, -0.05) is 35.5 Å². The highest BCUT2D eigenvalue weighted by atomic mass is 32.2. The van der Waals surface area contributed by atoms with E-state index >= 15 is 0 Å². The summed E-state index contributed by atoms with van der Waals surface area (Å²) in [5.41, 5.74) is 1.50. The Labute approximate surface area is 137 Å². The number of carboxylic acids is 1. The fourth-order valence-electron chi connectivity index (χ4n) is 2.31. The number of primary sulfonamides is 1. The van der Waals surface area contributed by atoms with Gasteiger partial charge in [0.2, 0.25) is 10.0 Å². The zero-order valence-electron chi connectivity index (χ0n) is 12.2. The summed E-state index contributed by atoms with van der Waals surface area (Å²) in [5, 5.41) is 21.7. The first-order chi connectivity index (χ1) is 11.4. The Morgan fingerprint density at radius 3 is 2.38 bits per heavy atom. The van der Waals surface area contributed by atoms with E-state index < -0.39 is 16.0 Å². The summed E-state index contributed by atoms with van der Waals surface area (Å²) in [6, 6.07) is 12.9. The minimum absolute atomic E-state index is 0.0183. The topological polar surface area (TPSA) is 128 Å². The summed E-state index contributed by atoms with van der Waals surface area (Å²) >= 11 is 0. The van der Waals surface area contributed by atoms with E-state index in [1.54, 1.807) is 42.5 Å². The first kappa shape index (κ1) is 15.8. The summed E-state index contributed by atoms with van der Waals surface area (Å²) in [4.78, 5) is 11.1. The second-order valence-electron chi connectivity index (χ2n) is 4.92. The maximum Gasteiger partial charge on any atom is 0.356 e. The van der Waals surface area contributed by atoms with Gasteiger partial charge in [0.25, 0.3) is 0 Å². The number of aromatic carboxylic acids is 1. The van der Waals surface area contributed by atoms with E-state index in [1.165, 1.54) is 10.7 Å². The van der Waals surface area contributed by atoms with Gasteiger partial charge in [0.05, 0.1) is 16.8 Å². The molecule has 0 amide bonds. The number of carboxylic acid groups (broad SMARTS) is 1. The third kappa shape index (κ3) is 2.90. The molecule has 8 nitrogen and oxygen atoms in total. The Morgan fingerprint density at radius 1 is 1.08 bits per heavy atom. The van der Waals surface area contributed by atoms with E-state index in [4.69, 9.17) is 10.2 Å². The SMILES string of the molecule is NS(=O)(=O)c1ccccc1-c1ccc(-n2nncc2C(=O)O)cc1. The van der Waals surface area contributed by atoms with Crippen molar-refractivity contribution >= 4 is 16.0 Å². The smallest absolute Gasteiger partial charge is 0.356 e. The van der Waals surface area contributed by atoms with Crippen molar-refractivity contribution in [2.45, 2.75) is 4.90 Å². The molecule has 0 fully saturated rings. The van der Waals surface area contributed by atoms with Gasteiger partial charge in [0.1, 0.15) is 0 Å². The van der Waals surface area contributed by atoms with Gasteiger partial charge in [-0.15, -0.1) is 5.10 Å². The molecule has 1 aromatic heterocycles. The standard InChI is InChI=1S/C15H12N4O4S/c16-24(22,23)14-4-2-1-3-12(14)10-5-7-11(8-6-10)19-13(15(20)21)9-17-18-19/h1-9H,(H,20,21)(H2,16,22,23). The Bertz CT molecular complexity index is 1010. The second kappa shape index (κ2) is 5.87. The number of nitrogens with zero attached hydrogens (tertiary/aromatic N) is 3. The van der Waals surface area contributed by atoms with Crippen LogP contribution in [-0.4, -0.2) is 34.5 Å². The molecule has 1 heterocycles. The fourth-order valence-corrected chi connectivity index (χ4v) is 3.07. The number of rotatable bonds is 4. The van der Waals surface area contributed by atoms with Gasteiger partial charge in [0.15, 0.2) is 5.69 Å². The van der Waals surface area contributed by atoms with Gasteiger partial charge < -0.3 is 5.11 Å². The van der Waals surface area contributed by atoms with Crippen molar-refractivity contribution in [3.63, 3.8) is 0 Å². The fraction of sp³-hybridized carbons (Fsp3) is 0. The van der Waals surface area contributed by atoms with Gasteiger partial charge in [0, 0.05) is 5.56 Å². The Balaban J connectivity index is 2.06. The minimum atomic E-state index is -3.86. The second-order valence-corrected chi connectivity index (χ2v) is 6.45. The lowest BCUT2D eigenvalue weighted by atomic mass is 10.1. The van der Waals surface area contributed by atoms with Crippen LogP contribution < -0.4 is 5.14 Å². The first-order valence-electron chi connectivity index (χ1n) is 6.74. The van der Waals surface area contributed by atoms with E-state index in [0.29, 0.717) is 16.8 Å². The molecule has 0 bridgehead atoms. The van der Waals surface area contributed by atoms with Crippen molar-refractivity contribution in [2.75, 3.05) is 0 Å². The molecular formula is C15H12N4O4S. The normalized spacial score (nSPS) is 11.4. The molecule has 0 aliphatic rings. The lowest BCUT2D eigenvalue weighted by Crippen LogP contribution is -2.13. The lowest BCUT2D eigenvalue weighted by molar-refractivity contribution is 0.0687. The molecule has 0 unspecified atom stereocenters. The number of benzene rings is 2. The van der Waals surface area contributed by atoms with E-state index in [0.717, 1.165) is 6.20 Å². The molecule has 9 heteroatoms. The van der Waals surface area contributed by atoms with Crippen molar-refractivity contribution in [1.82, 2.24) is 15.0 Å². The van der Waals surface area contributed by atoms with Gasteiger partial charge >= 0.3 is 5.97 Å². The van der Waals surface area contributed by atoms with Crippen molar-refractivity contribution < 1.29 is 18.3 Å². The number of sulfonamides is 1. The highest BCUT2D eigenvalue weighted by Gasteiger charge is 2.16. The van der Waals surface area contributed by atoms with Crippen molar-refractivity contribution in [3.8, 4) is 16.8 Å². The molecule has 3 aromatic rings. The van der Waals surface area contributed by atoms with E-state index in [9.17, 15) is 13.2 Å².